The van der Waals surface area contributed by atoms with Crippen molar-refractivity contribution in [3.8, 4) is 0 Å². The average Bonchev–Trinajstić information content (AvgIpc) is 2.85. The van der Waals surface area contributed by atoms with Crippen LogP contribution < -0.4 is 16.1 Å². The van der Waals surface area contributed by atoms with Gasteiger partial charge in [-0.1, -0.05) is 26.2 Å². The molecule has 37 heavy (non-hydrogen) atoms. The number of anilines is 1. The zero-order valence-corrected chi connectivity index (χ0v) is 21.6. The molecule has 10 heteroatoms. The Kier molecular flexibility index (Phi) is 8.18. The molecule has 1 aromatic carbocycles. The number of nitrogens with zero attached hydrogens (tertiary/aromatic N) is 1. The molecule has 2 fully saturated rings. The van der Waals surface area contributed by atoms with Crippen LogP contribution in [0.1, 0.15) is 82.1 Å². The van der Waals surface area contributed by atoms with Crippen molar-refractivity contribution in [2.75, 3.05) is 18.5 Å². The molecule has 9 nitrogen and oxygen atoms in total. The van der Waals surface area contributed by atoms with Gasteiger partial charge in [-0.15, -0.1) is 0 Å². The second-order valence-electron chi connectivity index (χ2n) is 10.5. The lowest BCUT2D eigenvalue weighted by Gasteiger charge is -2.36. The number of pyridine rings is 1. The monoisotopic (exact) mass is 517 g/mol. The number of rotatable bonds is 8. The quantitative estimate of drug-likeness (QED) is 0.480. The summed E-state index contributed by atoms with van der Waals surface area (Å²) in [5, 5.41) is 15.1. The van der Waals surface area contributed by atoms with E-state index in [1.807, 2.05) is 0 Å². The van der Waals surface area contributed by atoms with Gasteiger partial charge in [0.25, 0.3) is 5.91 Å². The summed E-state index contributed by atoms with van der Waals surface area (Å²) >= 11 is 0. The van der Waals surface area contributed by atoms with Gasteiger partial charge in [0, 0.05) is 23.7 Å². The van der Waals surface area contributed by atoms with Gasteiger partial charge in [-0.05, 0) is 45.2 Å². The first kappa shape index (κ1) is 27.1. The van der Waals surface area contributed by atoms with Crippen LogP contribution >= 0.6 is 0 Å². The molecular formula is C27H36FN3O6. The number of aliphatic carboxylic acids is 1. The molecule has 1 aliphatic heterocycles. The lowest BCUT2D eigenvalue weighted by Crippen LogP contribution is -2.41. The highest BCUT2D eigenvalue weighted by Gasteiger charge is 2.31. The summed E-state index contributed by atoms with van der Waals surface area (Å²) in [5.41, 5.74) is -0.0189. The fourth-order valence-corrected chi connectivity index (χ4v) is 5.03. The standard InChI is InChI=1S/C27H36FN3O6/c1-4-16(10-24(32)33)30-26(35)20-13-31(18-14-36-27(2,3)37-15-18)23-12-22(21(28)11-19(23)25(20)34)29-17-8-6-5-7-9-17/h11-13,16-18,29H,4-10,14-15H2,1-3H3,(H,30,35)(H,32,33)/t16-/m1/s1. The van der Waals surface area contributed by atoms with Crippen LogP contribution in [-0.2, 0) is 14.3 Å². The molecule has 1 aliphatic carbocycles. The number of hydrogen-bond donors (Lipinski definition) is 3. The topological polar surface area (TPSA) is 119 Å². The van der Waals surface area contributed by atoms with Crippen LogP contribution in [0.25, 0.3) is 10.9 Å². The summed E-state index contributed by atoms with van der Waals surface area (Å²) in [7, 11) is 0. The van der Waals surface area contributed by atoms with E-state index in [1.165, 1.54) is 18.7 Å². The Hall–Kier alpha value is -2.98. The summed E-state index contributed by atoms with van der Waals surface area (Å²) < 4.78 is 28.7. The summed E-state index contributed by atoms with van der Waals surface area (Å²) in [6.07, 6.45) is 6.82. The van der Waals surface area contributed by atoms with Crippen LogP contribution in [0.5, 0.6) is 0 Å². The van der Waals surface area contributed by atoms with Crippen LogP contribution in [0.15, 0.2) is 23.1 Å². The van der Waals surface area contributed by atoms with Gasteiger partial charge in [-0.2, -0.15) is 0 Å². The minimum atomic E-state index is -1.05. The highest BCUT2D eigenvalue weighted by atomic mass is 19.1. The number of fused-ring (bicyclic) bond motifs is 1. The predicted molar refractivity (Wildman–Crippen MR) is 137 cm³/mol. The molecule has 0 bridgehead atoms. The van der Waals surface area contributed by atoms with Gasteiger partial charge in [-0.3, -0.25) is 14.4 Å². The van der Waals surface area contributed by atoms with Gasteiger partial charge in [0.2, 0.25) is 5.43 Å². The number of benzene rings is 1. The number of ether oxygens (including phenoxy) is 2. The van der Waals surface area contributed by atoms with Gasteiger partial charge in [0.1, 0.15) is 11.4 Å². The Morgan fingerprint density at radius 1 is 1.19 bits per heavy atom. The smallest absolute Gasteiger partial charge is 0.305 e. The van der Waals surface area contributed by atoms with E-state index < -0.39 is 35.0 Å². The largest absolute Gasteiger partial charge is 0.481 e. The number of carbonyl (C=O) groups excluding carboxylic acids is 1. The minimum absolute atomic E-state index is 0.0652. The molecule has 4 rings (SSSR count). The second-order valence-corrected chi connectivity index (χ2v) is 10.5. The normalized spacial score (nSPS) is 19.5. The summed E-state index contributed by atoms with van der Waals surface area (Å²) in [6.45, 7) is 5.90. The number of halogens is 1. The van der Waals surface area contributed by atoms with Crippen LogP contribution in [0, 0.1) is 5.82 Å². The van der Waals surface area contributed by atoms with Crippen LogP contribution in [0.3, 0.4) is 0 Å². The van der Waals surface area contributed by atoms with Crippen molar-refractivity contribution in [1.29, 1.82) is 0 Å². The Morgan fingerprint density at radius 3 is 2.49 bits per heavy atom. The molecule has 1 saturated carbocycles. The molecule has 2 aromatic rings. The first-order valence-corrected chi connectivity index (χ1v) is 13.0. The van der Waals surface area contributed by atoms with Gasteiger partial charge in [0.15, 0.2) is 5.79 Å². The first-order valence-electron chi connectivity index (χ1n) is 13.0. The second kappa shape index (κ2) is 11.2. The molecule has 3 N–H and O–H groups in total. The van der Waals surface area contributed by atoms with E-state index in [1.54, 1.807) is 31.4 Å². The summed E-state index contributed by atoms with van der Waals surface area (Å²) in [5.74, 6) is -3.08. The molecule has 1 atom stereocenters. The van der Waals surface area contributed by atoms with E-state index in [0.717, 1.165) is 25.7 Å². The molecule has 0 spiro atoms. The van der Waals surface area contributed by atoms with Gasteiger partial charge in [-0.25, -0.2) is 4.39 Å². The van der Waals surface area contributed by atoms with E-state index >= 15 is 4.39 Å². The maximum Gasteiger partial charge on any atom is 0.305 e. The third-order valence-electron chi connectivity index (χ3n) is 7.22. The van der Waals surface area contributed by atoms with Crippen molar-refractivity contribution in [1.82, 2.24) is 9.88 Å². The van der Waals surface area contributed by atoms with Crippen LogP contribution in [0.2, 0.25) is 0 Å². The zero-order valence-electron chi connectivity index (χ0n) is 21.6. The Labute approximate surface area is 215 Å². The third kappa shape index (κ3) is 6.30. The van der Waals surface area contributed by atoms with Crippen LogP contribution in [-0.4, -0.2) is 52.6 Å². The highest BCUT2D eigenvalue weighted by molar-refractivity contribution is 5.98. The Balaban J connectivity index is 1.77. The van der Waals surface area contributed by atoms with Crippen molar-refractivity contribution < 1.29 is 28.6 Å². The van der Waals surface area contributed by atoms with E-state index in [0.29, 0.717) is 17.6 Å². The maximum atomic E-state index is 15.2. The molecule has 1 amide bonds. The highest BCUT2D eigenvalue weighted by Crippen LogP contribution is 2.30. The summed E-state index contributed by atoms with van der Waals surface area (Å²) in [4.78, 5) is 37.7. The van der Waals surface area contributed by atoms with Crippen molar-refractivity contribution in [2.24, 2.45) is 0 Å². The lowest BCUT2D eigenvalue weighted by atomic mass is 9.95. The van der Waals surface area contributed by atoms with Gasteiger partial charge < -0.3 is 29.8 Å². The van der Waals surface area contributed by atoms with Crippen LogP contribution in [0.4, 0.5) is 10.1 Å². The van der Waals surface area contributed by atoms with E-state index in [-0.39, 0.29) is 42.7 Å². The van der Waals surface area contributed by atoms with Gasteiger partial charge in [0.05, 0.1) is 36.9 Å². The van der Waals surface area contributed by atoms with E-state index in [2.05, 4.69) is 10.6 Å². The number of amides is 1. The number of carboxylic acid groups (broad SMARTS) is 1. The molecule has 202 valence electrons. The first-order chi connectivity index (χ1) is 17.6. The molecule has 1 saturated heterocycles. The van der Waals surface area contributed by atoms with Crippen molar-refractivity contribution >= 4 is 28.5 Å². The minimum Gasteiger partial charge on any atom is -0.481 e. The number of carboxylic acids is 1. The molecule has 0 radical (unpaired) electrons. The third-order valence-corrected chi connectivity index (χ3v) is 7.22. The predicted octanol–water partition coefficient (Wildman–Crippen LogP) is 4.19. The fraction of sp³-hybridized carbons (Fsp3) is 0.593. The van der Waals surface area contributed by atoms with E-state index in [4.69, 9.17) is 14.6 Å². The zero-order chi connectivity index (χ0) is 26.7. The number of aromatic nitrogens is 1. The lowest BCUT2D eigenvalue weighted by molar-refractivity contribution is -0.258. The molecule has 0 unspecified atom stereocenters. The maximum absolute atomic E-state index is 15.2. The summed E-state index contributed by atoms with van der Waals surface area (Å²) in [6, 6.07) is 1.96. The van der Waals surface area contributed by atoms with Crippen molar-refractivity contribution in [2.45, 2.75) is 89.6 Å². The fourth-order valence-electron chi connectivity index (χ4n) is 5.03. The number of nitrogens with one attached hydrogen (secondary N) is 2. The Morgan fingerprint density at radius 2 is 1.86 bits per heavy atom. The number of carbonyl (C=O) groups is 2. The van der Waals surface area contributed by atoms with Crippen molar-refractivity contribution in [3.63, 3.8) is 0 Å². The Bertz CT molecular complexity index is 1210. The number of hydrogen-bond acceptors (Lipinski definition) is 6. The average molecular weight is 518 g/mol. The molecular weight excluding hydrogens is 481 g/mol. The molecule has 2 aliphatic rings. The molecule has 1 aromatic heterocycles. The van der Waals surface area contributed by atoms with Gasteiger partial charge >= 0.3 is 5.97 Å². The van der Waals surface area contributed by atoms with Crippen molar-refractivity contribution in [3.05, 3.63) is 39.9 Å². The molecule has 2 heterocycles. The SMILES string of the molecule is CC[C@H](CC(=O)O)NC(=O)c1cn(C2COC(C)(C)OC2)c2cc(NC3CCCCC3)c(F)cc2c1=O. The van der Waals surface area contributed by atoms with E-state index in [9.17, 15) is 14.4 Å².